The zero-order chi connectivity index (χ0) is 12.6. The number of anilines is 2. The van der Waals surface area contributed by atoms with Crippen LogP contribution in [0.15, 0.2) is 24.3 Å². The molecule has 1 aromatic rings. The molecule has 1 heterocycles. The molecule has 0 spiro atoms. The molecule has 0 fully saturated rings. The number of rotatable bonds is 1. The second kappa shape index (κ2) is 4.03. The third kappa shape index (κ3) is 2.12. The van der Waals surface area contributed by atoms with Gasteiger partial charge in [0.05, 0.1) is 17.6 Å². The summed E-state index contributed by atoms with van der Waals surface area (Å²) in [5.41, 5.74) is 1.18. The first-order valence-corrected chi connectivity index (χ1v) is 7.09. The molecule has 2 rings (SSSR count). The van der Waals surface area contributed by atoms with Crippen molar-refractivity contribution in [3.63, 3.8) is 0 Å². The first-order chi connectivity index (χ1) is 7.91. The van der Waals surface area contributed by atoms with Crippen molar-refractivity contribution in [2.75, 3.05) is 29.1 Å². The van der Waals surface area contributed by atoms with E-state index in [4.69, 9.17) is 0 Å². The molecule has 0 aromatic heterocycles. The van der Waals surface area contributed by atoms with E-state index < -0.39 is 10.0 Å². The van der Waals surface area contributed by atoms with E-state index in [1.807, 2.05) is 0 Å². The Labute approximate surface area is 101 Å². The number of carbonyl (C=O) groups excluding carboxylic acids is 1. The van der Waals surface area contributed by atoms with Crippen LogP contribution in [-0.4, -0.2) is 34.2 Å². The maximum atomic E-state index is 11.8. The molecule has 0 bridgehead atoms. The highest BCUT2D eigenvalue weighted by Crippen LogP contribution is 2.32. The van der Waals surface area contributed by atoms with Gasteiger partial charge >= 0.3 is 0 Å². The molecule has 92 valence electrons. The van der Waals surface area contributed by atoms with E-state index in [1.54, 1.807) is 31.3 Å². The zero-order valence-electron chi connectivity index (χ0n) is 9.75. The predicted molar refractivity (Wildman–Crippen MR) is 66.7 cm³/mol. The Kier molecular flexibility index (Phi) is 2.82. The van der Waals surface area contributed by atoms with Crippen molar-refractivity contribution in [1.82, 2.24) is 0 Å². The van der Waals surface area contributed by atoms with Crippen LogP contribution in [0.25, 0.3) is 0 Å². The third-order valence-corrected chi connectivity index (χ3v) is 3.99. The fraction of sp³-hybridized carbons (Fsp3) is 0.364. The summed E-state index contributed by atoms with van der Waals surface area (Å²) in [6.45, 7) is 0.193. The van der Waals surface area contributed by atoms with E-state index in [9.17, 15) is 13.2 Å². The fourth-order valence-corrected chi connectivity index (χ4v) is 2.86. The standard InChI is InChI=1S/C11H14N2O3S/c1-12-9-5-3-4-6-10(9)13(17(2,15)16)8-7-11(12)14/h3-6H,7-8H2,1-2H3. The number of fused-ring (bicyclic) bond motifs is 1. The smallest absolute Gasteiger partial charge is 0.232 e. The normalized spacial score (nSPS) is 16.7. The summed E-state index contributed by atoms with van der Waals surface area (Å²) in [4.78, 5) is 13.3. The molecular weight excluding hydrogens is 240 g/mol. The van der Waals surface area contributed by atoms with Crippen LogP contribution in [0.5, 0.6) is 0 Å². The highest BCUT2D eigenvalue weighted by molar-refractivity contribution is 7.92. The van der Waals surface area contributed by atoms with Gasteiger partial charge in [-0.05, 0) is 12.1 Å². The molecule has 1 aliphatic heterocycles. The van der Waals surface area contributed by atoms with Gasteiger partial charge in [-0.2, -0.15) is 0 Å². The molecule has 0 saturated carbocycles. The lowest BCUT2D eigenvalue weighted by Gasteiger charge is -2.22. The van der Waals surface area contributed by atoms with Crippen LogP contribution in [0.3, 0.4) is 0 Å². The minimum atomic E-state index is -3.36. The SMILES string of the molecule is CN1C(=O)CCN(S(C)(=O)=O)c2ccccc21. The molecule has 0 saturated heterocycles. The number of hydrogen-bond acceptors (Lipinski definition) is 3. The highest BCUT2D eigenvalue weighted by atomic mass is 32.2. The largest absolute Gasteiger partial charge is 0.313 e. The maximum absolute atomic E-state index is 11.8. The number of benzene rings is 1. The van der Waals surface area contributed by atoms with Gasteiger partial charge in [-0.1, -0.05) is 12.1 Å². The van der Waals surface area contributed by atoms with E-state index >= 15 is 0 Å². The molecule has 6 heteroatoms. The van der Waals surface area contributed by atoms with Crippen molar-refractivity contribution >= 4 is 27.3 Å². The summed E-state index contributed by atoms with van der Waals surface area (Å²) in [5, 5.41) is 0. The van der Waals surface area contributed by atoms with Crippen molar-refractivity contribution in [3.8, 4) is 0 Å². The van der Waals surface area contributed by atoms with Crippen molar-refractivity contribution in [2.45, 2.75) is 6.42 Å². The second-order valence-electron chi connectivity index (χ2n) is 4.03. The van der Waals surface area contributed by atoms with Crippen molar-refractivity contribution in [3.05, 3.63) is 24.3 Å². The van der Waals surface area contributed by atoms with Gasteiger partial charge in [0, 0.05) is 20.0 Å². The van der Waals surface area contributed by atoms with Crippen LogP contribution in [0.1, 0.15) is 6.42 Å². The molecule has 5 nitrogen and oxygen atoms in total. The maximum Gasteiger partial charge on any atom is 0.232 e. The average Bonchev–Trinajstić information content (AvgIpc) is 2.38. The van der Waals surface area contributed by atoms with E-state index in [0.717, 1.165) is 6.26 Å². The Balaban J connectivity index is 2.62. The molecule has 0 atom stereocenters. The summed E-state index contributed by atoms with van der Waals surface area (Å²) in [6.07, 6.45) is 1.35. The minimum absolute atomic E-state index is 0.0800. The van der Waals surface area contributed by atoms with Gasteiger partial charge in [0.25, 0.3) is 0 Å². The van der Waals surface area contributed by atoms with Crippen LogP contribution < -0.4 is 9.21 Å². The van der Waals surface area contributed by atoms with E-state index in [2.05, 4.69) is 0 Å². The number of nitrogens with zero attached hydrogens (tertiary/aromatic N) is 2. The Morgan fingerprint density at radius 2 is 1.76 bits per heavy atom. The van der Waals surface area contributed by atoms with E-state index in [1.165, 1.54) is 9.21 Å². The summed E-state index contributed by atoms with van der Waals surface area (Å²) in [6, 6.07) is 7.01. The van der Waals surface area contributed by atoms with Crippen LogP contribution in [0.2, 0.25) is 0 Å². The molecular formula is C11H14N2O3S. The quantitative estimate of drug-likeness (QED) is 0.745. The van der Waals surface area contributed by atoms with Gasteiger partial charge in [-0.15, -0.1) is 0 Å². The monoisotopic (exact) mass is 254 g/mol. The van der Waals surface area contributed by atoms with Crippen molar-refractivity contribution in [1.29, 1.82) is 0 Å². The number of para-hydroxylation sites is 2. The van der Waals surface area contributed by atoms with Gasteiger partial charge in [0.15, 0.2) is 0 Å². The Morgan fingerprint density at radius 3 is 2.35 bits per heavy atom. The minimum Gasteiger partial charge on any atom is -0.313 e. The first-order valence-electron chi connectivity index (χ1n) is 5.24. The molecule has 1 aromatic carbocycles. The first kappa shape index (κ1) is 11.9. The number of sulfonamides is 1. The van der Waals surface area contributed by atoms with Crippen LogP contribution >= 0.6 is 0 Å². The zero-order valence-corrected chi connectivity index (χ0v) is 10.6. The topological polar surface area (TPSA) is 57.7 Å². The lowest BCUT2D eigenvalue weighted by molar-refractivity contribution is -0.118. The summed E-state index contributed by atoms with van der Waals surface area (Å²) < 4.78 is 24.7. The predicted octanol–water partition coefficient (Wildman–Crippen LogP) is 0.819. The van der Waals surface area contributed by atoms with Gasteiger partial charge in [-0.25, -0.2) is 8.42 Å². The lowest BCUT2D eigenvalue weighted by atomic mass is 10.2. The molecule has 0 unspecified atom stereocenters. The third-order valence-electron chi connectivity index (χ3n) is 2.81. The summed E-state index contributed by atoms with van der Waals surface area (Å²) in [5.74, 6) is -0.0800. The fourth-order valence-electron chi connectivity index (χ4n) is 1.92. The van der Waals surface area contributed by atoms with Gasteiger partial charge in [0.1, 0.15) is 0 Å². The molecule has 1 amide bonds. The molecule has 17 heavy (non-hydrogen) atoms. The number of carbonyl (C=O) groups is 1. The number of hydrogen-bond donors (Lipinski definition) is 0. The molecule has 1 aliphatic rings. The average molecular weight is 254 g/mol. The number of amides is 1. The second-order valence-corrected chi connectivity index (χ2v) is 5.93. The van der Waals surface area contributed by atoms with Crippen LogP contribution in [-0.2, 0) is 14.8 Å². The molecule has 0 radical (unpaired) electrons. The van der Waals surface area contributed by atoms with E-state index in [0.29, 0.717) is 11.4 Å². The van der Waals surface area contributed by atoms with Crippen molar-refractivity contribution in [2.24, 2.45) is 0 Å². The van der Waals surface area contributed by atoms with Crippen LogP contribution in [0, 0.1) is 0 Å². The summed E-state index contributed by atoms with van der Waals surface area (Å²) in [7, 11) is -1.70. The Bertz CT molecular complexity index is 554. The summed E-state index contributed by atoms with van der Waals surface area (Å²) >= 11 is 0. The molecule has 0 N–H and O–H groups in total. The van der Waals surface area contributed by atoms with Crippen molar-refractivity contribution < 1.29 is 13.2 Å². The Morgan fingerprint density at radius 1 is 1.18 bits per heavy atom. The highest BCUT2D eigenvalue weighted by Gasteiger charge is 2.27. The molecule has 0 aliphatic carbocycles. The van der Waals surface area contributed by atoms with Gasteiger partial charge in [-0.3, -0.25) is 9.10 Å². The van der Waals surface area contributed by atoms with Crippen LogP contribution in [0.4, 0.5) is 11.4 Å². The Hall–Kier alpha value is -1.56. The van der Waals surface area contributed by atoms with Gasteiger partial charge in [0.2, 0.25) is 15.9 Å². The van der Waals surface area contributed by atoms with Gasteiger partial charge < -0.3 is 4.90 Å². The lowest BCUT2D eigenvalue weighted by Crippen LogP contribution is -2.30. The van der Waals surface area contributed by atoms with E-state index in [-0.39, 0.29) is 18.9 Å².